The third-order valence-corrected chi connectivity index (χ3v) is 4.65. The number of anilines is 1. The van der Waals surface area contributed by atoms with E-state index in [0.29, 0.717) is 11.7 Å². The molecule has 0 fully saturated rings. The van der Waals surface area contributed by atoms with E-state index in [1.54, 1.807) is 24.3 Å². The average Bonchev–Trinajstić information content (AvgIpc) is 2.36. The molecule has 1 unspecified atom stereocenters. The molecule has 0 spiro atoms. The summed E-state index contributed by atoms with van der Waals surface area (Å²) in [5.74, 6) is 0.932. The van der Waals surface area contributed by atoms with E-state index in [1.165, 1.54) is 6.07 Å². The molecule has 0 aliphatic rings. The number of nitrogens with two attached hydrogens (primary N) is 1. The van der Waals surface area contributed by atoms with Crippen molar-refractivity contribution in [1.29, 1.82) is 0 Å². The lowest BCUT2D eigenvalue weighted by atomic mass is 10.1. The van der Waals surface area contributed by atoms with Crippen molar-refractivity contribution in [2.24, 2.45) is 5.92 Å². The number of hydrogen-bond acceptors (Lipinski definition) is 4. The van der Waals surface area contributed by atoms with Gasteiger partial charge < -0.3 is 5.73 Å². The smallest absolute Gasteiger partial charge is 0.292 e. The fraction of sp³-hybridized carbons (Fsp3) is 0.286. The molecule has 2 aromatic rings. The van der Waals surface area contributed by atoms with Crippen molar-refractivity contribution in [1.82, 2.24) is 0 Å². The summed E-state index contributed by atoms with van der Waals surface area (Å²) in [6.45, 7) is 4.03. The summed E-state index contributed by atoms with van der Waals surface area (Å²) in [6.07, 6.45) is 0. The third kappa shape index (κ3) is 2.96. The van der Waals surface area contributed by atoms with Crippen LogP contribution >= 0.6 is 0 Å². The number of benzene rings is 2. The molecule has 0 saturated carbocycles. The number of fused-ring (bicyclic) bond motifs is 1. The van der Waals surface area contributed by atoms with E-state index in [9.17, 15) is 14.3 Å². The first-order valence-electron chi connectivity index (χ1n) is 6.24. The number of nitrogens with zero attached hydrogens (tertiary/aromatic N) is 1. The summed E-state index contributed by atoms with van der Waals surface area (Å²) < 4.78 is 12.1. The highest BCUT2D eigenvalue weighted by Gasteiger charge is 2.14. The number of nitro groups is 1. The Bertz CT molecular complexity index is 698. The molecular weight excluding hydrogens is 276 g/mol. The summed E-state index contributed by atoms with van der Waals surface area (Å²) in [5, 5.41) is 12.3. The van der Waals surface area contributed by atoms with Gasteiger partial charge in [-0.3, -0.25) is 14.3 Å². The molecule has 0 bridgehead atoms. The second kappa shape index (κ2) is 5.58. The summed E-state index contributed by atoms with van der Waals surface area (Å²) in [4.78, 5) is 11.1. The van der Waals surface area contributed by atoms with E-state index in [1.807, 2.05) is 13.8 Å². The molecule has 2 rings (SSSR count). The molecule has 1 atom stereocenters. The first-order valence-corrected chi connectivity index (χ1v) is 7.56. The Morgan fingerprint density at radius 2 is 1.95 bits per heavy atom. The molecule has 0 amide bonds. The largest absolute Gasteiger partial charge is 0.393 e. The molecule has 20 heavy (non-hydrogen) atoms. The highest BCUT2D eigenvalue weighted by atomic mass is 32.2. The Hall–Kier alpha value is -1.95. The minimum atomic E-state index is -1.06. The van der Waals surface area contributed by atoms with Gasteiger partial charge in [-0.2, -0.15) is 0 Å². The Morgan fingerprint density at radius 3 is 2.55 bits per heavy atom. The summed E-state index contributed by atoms with van der Waals surface area (Å²) in [7, 11) is -1.06. The normalized spacial score (nSPS) is 12.8. The van der Waals surface area contributed by atoms with Gasteiger partial charge in [-0.05, 0) is 34.9 Å². The number of hydrogen-bond donors (Lipinski definition) is 1. The molecule has 0 aliphatic carbocycles. The van der Waals surface area contributed by atoms with E-state index in [4.69, 9.17) is 5.73 Å². The Kier molecular flexibility index (Phi) is 4.04. The van der Waals surface area contributed by atoms with Gasteiger partial charge in [-0.15, -0.1) is 0 Å². The van der Waals surface area contributed by atoms with Crippen LogP contribution < -0.4 is 5.73 Å². The Morgan fingerprint density at radius 1 is 1.25 bits per heavy atom. The monoisotopic (exact) mass is 292 g/mol. The first kappa shape index (κ1) is 14.5. The fourth-order valence-electron chi connectivity index (χ4n) is 1.98. The lowest BCUT2D eigenvalue weighted by Gasteiger charge is -2.07. The van der Waals surface area contributed by atoms with Gasteiger partial charge in [0.15, 0.2) is 0 Å². The fourth-order valence-corrected chi connectivity index (χ4v) is 3.26. The number of nitro benzene ring substituents is 1. The van der Waals surface area contributed by atoms with Gasteiger partial charge >= 0.3 is 0 Å². The van der Waals surface area contributed by atoms with Crippen LogP contribution in [0.5, 0.6) is 0 Å². The first-order chi connectivity index (χ1) is 9.38. The van der Waals surface area contributed by atoms with Crippen molar-refractivity contribution in [3.05, 3.63) is 40.4 Å². The van der Waals surface area contributed by atoms with Crippen LogP contribution in [0.25, 0.3) is 10.8 Å². The summed E-state index contributed by atoms with van der Waals surface area (Å²) in [6, 6.07) is 8.29. The molecule has 0 heterocycles. The van der Waals surface area contributed by atoms with E-state index < -0.39 is 15.7 Å². The van der Waals surface area contributed by atoms with Gasteiger partial charge in [0.25, 0.3) is 5.69 Å². The highest BCUT2D eigenvalue weighted by Crippen LogP contribution is 2.29. The Balaban J connectivity index is 2.47. The zero-order chi connectivity index (χ0) is 14.9. The summed E-state index contributed by atoms with van der Waals surface area (Å²) >= 11 is 0. The zero-order valence-electron chi connectivity index (χ0n) is 11.3. The lowest BCUT2D eigenvalue weighted by Crippen LogP contribution is -2.04. The van der Waals surface area contributed by atoms with Gasteiger partial charge in [-0.25, -0.2) is 0 Å². The number of nitrogen functional groups attached to an aromatic ring is 1. The zero-order valence-corrected chi connectivity index (χ0v) is 12.1. The van der Waals surface area contributed by atoms with Crippen LogP contribution in [0.1, 0.15) is 13.8 Å². The minimum Gasteiger partial charge on any atom is -0.393 e. The van der Waals surface area contributed by atoms with Crippen molar-refractivity contribution in [3.63, 3.8) is 0 Å². The maximum Gasteiger partial charge on any atom is 0.292 e. The molecule has 0 aromatic heterocycles. The van der Waals surface area contributed by atoms with E-state index >= 15 is 0 Å². The van der Waals surface area contributed by atoms with Crippen molar-refractivity contribution in [2.75, 3.05) is 11.5 Å². The van der Waals surface area contributed by atoms with Crippen molar-refractivity contribution in [3.8, 4) is 0 Å². The van der Waals surface area contributed by atoms with Crippen LogP contribution in [0.4, 0.5) is 11.4 Å². The van der Waals surface area contributed by atoms with Crippen LogP contribution in [-0.2, 0) is 10.8 Å². The second-order valence-corrected chi connectivity index (χ2v) is 6.58. The maximum atomic E-state index is 12.1. The third-order valence-electron chi connectivity index (χ3n) is 2.90. The SMILES string of the molecule is CC(C)CS(=O)c1ccc2cc([N+](=O)[O-])c(N)cc2c1. The maximum absolute atomic E-state index is 12.1. The van der Waals surface area contributed by atoms with Gasteiger partial charge in [0.1, 0.15) is 5.69 Å². The van der Waals surface area contributed by atoms with Gasteiger partial charge in [0, 0.05) is 16.7 Å². The lowest BCUT2D eigenvalue weighted by molar-refractivity contribution is -0.383. The standard InChI is InChI=1S/C14H16N2O3S/c1-9(2)8-20(19)12-4-3-10-7-14(16(17)18)13(15)6-11(10)5-12/h3-7,9H,8,15H2,1-2H3. The van der Waals surface area contributed by atoms with Gasteiger partial charge in [0.2, 0.25) is 0 Å². The van der Waals surface area contributed by atoms with Crippen molar-refractivity contribution < 1.29 is 9.13 Å². The molecule has 2 N–H and O–H groups in total. The number of rotatable bonds is 4. The minimum absolute atomic E-state index is 0.103. The quantitative estimate of drug-likeness (QED) is 0.533. The van der Waals surface area contributed by atoms with Crippen LogP contribution in [0.15, 0.2) is 35.2 Å². The van der Waals surface area contributed by atoms with Crippen molar-refractivity contribution >= 4 is 32.9 Å². The second-order valence-electron chi connectivity index (χ2n) is 5.08. The van der Waals surface area contributed by atoms with Crippen LogP contribution in [0.3, 0.4) is 0 Å². The topological polar surface area (TPSA) is 86.2 Å². The highest BCUT2D eigenvalue weighted by molar-refractivity contribution is 7.85. The average molecular weight is 292 g/mol. The van der Waals surface area contributed by atoms with Crippen LogP contribution in [-0.4, -0.2) is 14.9 Å². The summed E-state index contributed by atoms with van der Waals surface area (Å²) in [5.41, 5.74) is 5.69. The molecule has 0 saturated heterocycles. The predicted molar refractivity (Wildman–Crippen MR) is 81.1 cm³/mol. The van der Waals surface area contributed by atoms with E-state index in [-0.39, 0.29) is 11.4 Å². The predicted octanol–water partition coefficient (Wildman–Crippen LogP) is 3.09. The molecule has 5 nitrogen and oxygen atoms in total. The molecule has 2 aromatic carbocycles. The molecular formula is C14H16N2O3S. The van der Waals surface area contributed by atoms with Gasteiger partial charge in [0.05, 0.1) is 15.7 Å². The van der Waals surface area contributed by atoms with E-state index in [0.717, 1.165) is 15.7 Å². The van der Waals surface area contributed by atoms with Crippen LogP contribution in [0, 0.1) is 16.0 Å². The Labute approximate surface area is 119 Å². The molecule has 106 valence electrons. The van der Waals surface area contributed by atoms with Crippen LogP contribution in [0.2, 0.25) is 0 Å². The van der Waals surface area contributed by atoms with Crippen molar-refractivity contribution in [2.45, 2.75) is 18.7 Å². The van der Waals surface area contributed by atoms with Gasteiger partial charge in [-0.1, -0.05) is 19.9 Å². The molecule has 6 heteroatoms. The molecule has 0 aliphatic heterocycles. The molecule has 0 radical (unpaired) electrons. The van der Waals surface area contributed by atoms with E-state index in [2.05, 4.69) is 0 Å².